The topological polar surface area (TPSA) is 124 Å². The number of anilines is 1. The first-order valence-electron chi connectivity index (χ1n) is 12.9. The van der Waals surface area contributed by atoms with E-state index in [1.165, 1.54) is 0 Å². The molecule has 39 heavy (non-hydrogen) atoms. The minimum absolute atomic E-state index is 0.126. The molecule has 1 saturated heterocycles. The molecule has 1 aliphatic rings. The minimum atomic E-state index is -3.30. The van der Waals surface area contributed by atoms with Gasteiger partial charge >= 0.3 is 6.09 Å². The van der Waals surface area contributed by atoms with Gasteiger partial charge < -0.3 is 19.5 Å². The van der Waals surface area contributed by atoms with Gasteiger partial charge in [-0.05, 0) is 36.1 Å². The maximum absolute atomic E-state index is 12.7. The van der Waals surface area contributed by atoms with E-state index in [4.69, 9.17) is 4.74 Å². The number of likely N-dealkylation sites (tertiary alicyclic amines) is 1. The van der Waals surface area contributed by atoms with Gasteiger partial charge in [0.15, 0.2) is 0 Å². The zero-order valence-corrected chi connectivity index (χ0v) is 23.0. The third-order valence-electron chi connectivity index (χ3n) is 6.67. The number of likely N-dealkylation sites (N-methyl/N-ethyl adjacent to an activating group) is 1. The van der Waals surface area contributed by atoms with Crippen LogP contribution in [0.5, 0.6) is 0 Å². The van der Waals surface area contributed by atoms with Crippen LogP contribution in [0.3, 0.4) is 0 Å². The van der Waals surface area contributed by atoms with E-state index in [9.17, 15) is 18.0 Å². The molecule has 0 radical (unpaired) electrons. The Hall–Kier alpha value is -3.67. The lowest BCUT2D eigenvalue weighted by Gasteiger charge is -2.32. The van der Waals surface area contributed by atoms with E-state index in [0.717, 1.165) is 43.3 Å². The second-order valence-corrected chi connectivity index (χ2v) is 11.6. The van der Waals surface area contributed by atoms with E-state index in [-0.39, 0.29) is 18.6 Å². The normalized spacial score (nSPS) is 14.6. The summed E-state index contributed by atoms with van der Waals surface area (Å²) < 4.78 is 30.7. The highest BCUT2D eigenvalue weighted by Gasteiger charge is 2.23. The molecular weight excluding hydrogens is 518 g/mol. The standard InChI is InChI=1S/C28H35N5O5S/c1-32(27(34)26-18-21(19-29-26)20-30-39(2,36)37)16-17-33-14-12-23(13-15-33)38-28(35)31-25-11-7-6-10-24(25)22-8-4-3-5-9-22/h3-11,18-19,23,29-30H,12-17,20H2,1-2H3,(H,31,35). The first-order chi connectivity index (χ1) is 18.7. The molecule has 0 unspecified atom stereocenters. The molecule has 2 aromatic carbocycles. The Kier molecular flexibility index (Phi) is 9.39. The SMILES string of the molecule is CN(CCN1CCC(OC(=O)Nc2ccccc2-c2ccccc2)CC1)C(=O)c1cc(CNS(C)(=O)=O)c[nH]1. The van der Waals surface area contributed by atoms with E-state index < -0.39 is 16.1 Å². The van der Waals surface area contributed by atoms with Gasteiger partial charge in [0.2, 0.25) is 10.0 Å². The average molecular weight is 554 g/mol. The molecule has 3 aromatic rings. The molecule has 0 atom stereocenters. The van der Waals surface area contributed by atoms with Crippen LogP contribution in [0.25, 0.3) is 11.1 Å². The second kappa shape index (κ2) is 12.9. The van der Waals surface area contributed by atoms with Gasteiger partial charge in [0.1, 0.15) is 11.8 Å². The number of benzene rings is 2. The number of H-pyrrole nitrogens is 1. The number of aromatic amines is 1. The number of hydrogen-bond donors (Lipinski definition) is 3. The Morgan fingerprint density at radius 2 is 1.77 bits per heavy atom. The Labute approximate surface area is 229 Å². The molecule has 1 aliphatic heterocycles. The van der Waals surface area contributed by atoms with E-state index in [1.54, 1.807) is 24.2 Å². The van der Waals surface area contributed by atoms with Crippen molar-refractivity contribution in [2.75, 3.05) is 44.8 Å². The zero-order valence-electron chi connectivity index (χ0n) is 22.2. The summed E-state index contributed by atoms with van der Waals surface area (Å²) in [5.74, 6) is -0.161. The van der Waals surface area contributed by atoms with Crippen LogP contribution in [0.15, 0.2) is 66.9 Å². The zero-order chi connectivity index (χ0) is 27.8. The van der Waals surface area contributed by atoms with Crippen molar-refractivity contribution < 1.29 is 22.7 Å². The number of sulfonamides is 1. The van der Waals surface area contributed by atoms with Gasteiger partial charge in [-0.1, -0.05) is 48.5 Å². The Morgan fingerprint density at radius 3 is 2.49 bits per heavy atom. The summed E-state index contributed by atoms with van der Waals surface area (Å²) in [5.41, 5.74) is 3.76. The first kappa shape index (κ1) is 28.3. The quantitative estimate of drug-likeness (QED) is 0.353. The predicted molar refractivity (Wildman–Crippen MR) is 151 cm³/mol. The number of ether oxygens (including phenoxy) is 1. The predicted octanol–water partition coefficient (Wildman–Crippen LogP) is 3.52. The van der Waals surface area contributed by atoms with Gasteiger partial charge in [0.25, 0.3) is 5.91 Å². The van der Waals surface area contributed by atoms with Crippen LogP contribution in [0.4, 0.5) is 10.5 Å². The number of nitrogens with one attached hydrogen (secondary N) is 3. The highest BCUT2D eigenvalue weighted by molar-refractivity contribution is 7.88. The number of piperidine rings is 1. The Bertz CT molecular complexity index is 1370. The van der Waals surface area contributed by atoms with Gasteiger partial charge in [0.05, 0.1) is 11.9 Å². The largest absolute Gasteiger partial charge is 0.446 e. The number of rotatable bonds is 10. The number of amides is 2. The Balaban J connectivity index is 1.19. The number of hydrogen-bond acceptors (Lipinski definition) is 6. The molecule has 2 amide bonds. The molecule has 1 fully saturated rings. The first-order valence-corrected chi connectivity index (χ1v) is 14.8. The third kappa shape index (κ3) is 8.41. The lowest BCUT2D eigenvalue weighted by molar-refractivity contribution is 0.0539. The van der Waals surface area contributed by atoms with E-state index in [0.29, 0.717) is 30.0 Å². The molecule has 2 heterocycles. The molecule has 4 rings (SSSR count). The summed E-state index contributed by atoms with van der Waals surface area (Å²) in [6.07, 6.45) is 3.54. The number of carbonyl (C=O) groups is 2. The van der Waals surface area contributed by atoms with E-state index in [1.807, 2.05) is 54.6 Å². The minimum Gasteiger partial charge on any atom is -0.446 e. The molecule has 208 valence electrons. The fourth-order valence-corrected chi connectivity index (χ4v) is 4.91. The number of para-hydroxylation sites is 1. The van der Waals surface area contributed by atoms with Gasteiger partial charge in [-0.3, -0.25) is 10.1 Å². The summed E-state index contributed by atoms with van der Waals surface area (Å²) in [6.45, 7) is 2.90. The van der Waals surface area contributed by atoms with Gasteiger partial charge in [0, 0.05) is 51.5 Å². The monoisotopic (exact) mass is 553 g/mol. The van der Waals surface area contributed by atoms with Crippen molar-refractivity contribution in [1.82, 2.24) is 19.5 Å². The fourth-order valence-electron chi connectivity index (χ4n) is 4.48. The molecule has 0 saturated carbocycles. The summed E-state index contributed by atoms with van der Waals surface area (Å²) in [4.78, 5) is 32.2. The summed E-state index contributed by atoms with van der Waals surface area (Å²) >= 11 is 0. The van der Waals surface area contributed by atoms with Crippen molar-refractivity contribution >= 4 is 27.7 Å². The van der Waals surface area contributed by atoms with Gasteiger partial charge in [-0.2, -0.15) is 0 Å². The van der Waals surface area contributed by atoms with Crippen LogP contribution >= 0.6 is 0 Å². The van der Waals surface area contributed by atoms with Crippen molar-refractivity contribution in [3.05, 3.63) is 78.1 Å². The lowest BCUT2D eigenvalue weighted by atomic mass is 10.0. The Morgan fingerprint density at radius 1 is 1.08 bits per heavy atom. The van der Waals surface area contributed by atoms with Crippen molar-refractivity contribution in [1.29, 1.82) is 0 Å². The molecule has 11 heteroatoms. The molecule has 0 bridgehead atoms. The smallest absolute Gasteiger partial charge is 0.411 e. The van der Waals surface area contributed by atoms with Crippen LogP contribution in [-0.2, 0) is 21.3 Å². The van der Waals surface area contributed by atoms with Crippen molar-refractivity contribution in [2.24, 2.45) is 0 Å². The van der Waals surface area contributed by atoms with E-state index >= 15 is 0 Å². The summed E-state index contributed by atoms with van der Waals surface area (Å²) in [5, 5.41) is 2.90. The number of carbonyl (C=O) groups excluding carboxylic acids is 2. The van der Waals surface area contributed by atoms with Crippen molar-refractivity contribution in [2.45, 2.75) is 25.5 Å². The summed E-state index contributed by atoms with van der Waals surface area (Å²) in [7, 11) is -1.56. The maximum Gasteiger partial charge on any atom is 0.411 e. The lowest BCUT2D eigenvalue weighted by Crippen LogP contribution is -2.42. The van der Waals surface area contributed by atoms with Crippen molar-refractivity contribution in [3.63, 3.8) is 0 Å². The molecule has 0 aliphatic carbocycles. The fraction of sp³-hybridized carbons (Fsp3) is 0.357. The van der Waals surface area contributed by atoms with Crippen LogP contribution < -0.4 is 10.0 Å². The number of nitrogens with zero attached hydrogens (tertiary/aromatic N) is 2. The molecule has 10 nitrogen and oxygen atoms in total. The van der Waals surface area contributed by atoms with Crippen LogP contribution in [-0.4, -0.2) is 80.8 Å². The molecule has 3 N–H and O–H groups in total. The van der Waals surface area contributed by atoms with Crippen LogP contribution in [0.1, 0.15) is 28.9 Å². The van der Waals surface area contributed by atoms with Crippen LogP contribution in [0, 0.1) is 0 Å². The molecule has 0 spiro atoms. The third-order valence-corrected chi connectivity index (χ3v) is 7.34. The molecular formula is C28H35N5O5S. The van der Waals surface area contributed by atoms with Crippen molar-refractivity contribution in [3.8, 4) is 11.1 Å². The number of aromatic nitrogens is 1. The van der Waals surface area contributed by atoms with Gasteiger partial charge in [-0.15, -0.1) is 0 Å². The second-order valence-electron chi connectivity index (χ2n) is 9.72. The highest BCUT2D eigenvalue weighted by Crippen LogP contribution is 2.28. The average Bonchev–Trinajstić information content (AvgIpc) is 3.40. The maximum atomic E-state index is 12.7. The summed E-state index contributed by atoms with van der Waals surface area (Å²) in [6, 6.07) is 19.2. The van der Waals surface area contributed by atoms with Gasteiger partial charge in [-0.25, -0.2) is 17.9 Å². The van der Waals surface area contributed by atoms with Crippen LogP contribution in [0.2, 0.25) is 0 Å². The van der Waals surface area contributed by atoms with E-state index in [2.05, 4.69) is 19.9 Å². The highest BCUT2D eigenvalue weighted by atomic mass is 32.2. The molecule has 1 aromatic heterocycles.